The van der Waals surface area contributed by atoms with Crippen molar-refractivity contribution in [3.8, 4) is 0 Å². The summed E-state index contributed by atoms with van der Waals surface area (Å²) in [6.45, 7) is 0.731. The number of likely N-dealkylation sites (tertiary alicyclic amines) is 1. The van der Waals surface area contributed by atoms with Crippen molar-refractivity contribution >= 4 is 11.9 Å². The molecule has 1 saturated heterocycles. The highest BCUT2D eigenvalue weighted by Gasteiger charge is 2.29. The number of hydrogen-bond acceptors (Lipinski definition) is 2. The number of urea groups is 1. The molecule has 2 aromatic carbocycles. The molecule has 2 aromatic rings. The minimum Gasteiger partial charge on any atom is -0.334 e. The first kappa shape index (κ1) is 18.8. The van der Waals surface area contributed by atoms with Gasteiger partial charge in [-0.25, -0.2) is 13.6 Å². The average Bonchev–Trinajstić information content (AvgIpc) is 3.16. The van der Waals surface area contributed by atoms with Crippen LogP contribution in [0, 0.1) is 11.6 Å². The Kier molecular flexibility index (Phi) is 6.01. The first-order valence-electron chi connectivity index (χ1n) is 8.84. The number of benzene rings is 2. The Balaban J connectivity index is 1.48. The second-order valence-electron chi connectivity index (χ2n) is 6.46. The summed E-state index contributed by atoms with van der Waals surface area (Å²) in [6.07, 6.45) is 1.68. The molecule has 1 heterocycles. The van der Waals surface area contributed by atoms with Gasteiger partial charge in [0, 0.05) is 13.1 Å². The Bertz CT molecular complexity index is 794. The van der Waals surface area contributed by atoms with Crippen LogP contribution in [0.25, 0.3) is 0 Å². The largest absolute Gasteiger partial charge is 0.334 e. The maximum Gasteiger partial charge on any atom is 0.315 e. The molecule has 142 valence electrons. The van der Waals surface area contributed by atoms with Gasteiger partial charge in [-0.15, -0.1) is 0 Å². The molecule has 3 amide bonds. The molecule has 0 saturated carbocycles. The van der Waals surface area contributed by atoms with Gasteiger partial charge < -0.3 is 15.5 Å². The molecular formula is C20H21F2N3O2. The topological polar surface area (TPSA) is 61.4 Å². The molecule has 5 nitrogen and oxygen atoms in total. The molecule has 1 fully saturated rings. The lowest BCUT2D eigenvalue weighted by atomic mass is 10.0. The molecule has 7 heteroatoms. The monoisotopic (exact) mass is 373 g/mol. The normalized spacial score (nSPS) is 16.2. The lowest BCUT2D eigenvalue weighted by molar-refractivity contribution is -0.131. The molecule has 27 heavy (non-hydrogen) atoms. The number of carbonyl (C=O) groups is 2. The van der Waals surface area contributed by atoms with Crippen LogP contribution >= 0.6 is 0 Å². The van der Waals surface area contributed by atoms with Gasteiger partial charge in [-0.1, -0.05) is 24.3 Å². The number of hydrogen-bond donors (Lipinski definition) is 2. The Hall–Kier alpha value is -2.96. The molecule has 2 N–H and O–H groups in total. The number of rotatable bonds is 5. The zero-order valence-corrected chi connectivity index (χ0v) is 14.8. The number of halogens is 2. The minimum atomic E-state index is -0.467. The van der Waals surface area contributed by atoms with Crippen molar-refractivity contribution in [3.63, 3.8) is 0 Å². The van der Waals surface area contributed by atoms with Gasteiger partial charge in [0.2, 0.25) is 5.91 Å². The van der Waals surface area contributed by atoms with Gasteiger partial charge in [0.15, 0.2) is 0 Å². The fraction of sp³-hybridized carbons (Fsp3) is 0.300. The molecule has 0 radical (unpaired) electrons. The summed E-state index contributed by atoms with van der Waals surface area (Å²) < 4.78 is 26.0. The Morgan fingerprint density at radius 2 is 1.59 bits per heavy atom. The molecule has 0 spiro atoms. The summed E-state index contributed by atoms with van der Waals surface area (Å²) in [5, 5.41) is 5.18. The van der Waals surface area contributed by atoms with E-state index in [9.17, 15) is 18.4 Å². The average molecular weight is 373 g/mol. The molecule has 1 unspecified atom stereocenters. The van der Waals surface area contributed by atoms with Gasteiger partial charge >= 0.3 is 6.03 Å². The van der Waals surface area contributed by atoms with Gasteiger partial charge in [0.1, 0.15) is 11.6 Å². The highest BCUT2D eigenvalue weighted by atomic mass is 19.1. The summed E-state index contributed by atoms with van der Waals surface area (Å²) in [5.74, 6) is -0.831. The summed E-state index contributed by atoms with van der Waals surface area (Å²) in [4.78, 5) is 26.1. The summed E-state index contributed by atoms with van der Waals surface area (Å²) in [7, 11) is 0. The fourth-order valence-corrected chi connectivity index (χ4v) is 3.20. The van der Waals surface area contributed by atoms with E-state index in [0.717, 1.165) is 24.0 Å². The molecule has 1 aliphatic rings. The first-order chi connectivity index (χ1) is 13.0. The predicted octanol–water partition coefficient (Wildman–Crippen LogP) is 3.13. The Labute approximate surface area is 156 Å². The number of nitrogens with zero attached hydrogens (tertiary/aromatic N) is 1. The third-order valence-electron chi connectivity index (χ3n) is 4.59. The third-order valence-corrected chi connectivity index (χ3v) is 4.59. The Morgan fingerprint density at radius 3 is 2.26 bits per heavy atom. The molecule has 0 bridgehead atoms. The summed E-state index contributed by atoms with van der Waals surface area (Å²) in [5.41, 5.74) is 1.65. The standard InChI is InChI=1S/C20H21F2N3O2/c21-16-7-3-14(4-8-16)12-23-20(27)24-13-19(26)25-11-1-2-18(25)15-5-9-17(22)10-6-15/h3-10,18H,1-2,11-13H2,(H2,23,24,27). The quantitative estimate of drug-likeness (QED) is 0.846. The summed E-state index contributed by atoms with van der Waals surface area (Å²) >= 11 is 0. The van der Waals surface area contributed by atoms with Crippen LogP contribution in [0.1, 0.15) is 30.0 Å². The van der Waals surface area contributed by atoms with E-state index >= 15 is 0 Å². The van der Waals surface area contributed by atoms with E-state index in [4.69, 9.17) is 0 Å². The van der Waals surface area contributed by atoms with E-state index in [1.165, 1.54) is 24.3 Å². The molecule has 3 rings (SSSR count). The molecule has 0 aromatic heterocycles. The van der Waals surface area contributed by atoms with Crippen molar-refractivity contribution < 1.29 is 18.4 Å². The zero-order chi connectivity index (χ0) is 19.2. The van der Waals surface area contributed by atoms with Crippen molar-refractivity contribution in [2.75, 3.05) is 13.1 Å². The predicted molar refractivity (Wildman–Crippen MR) is 96.7 cm³/mol. The van der Waals surface area contributed by atoms with E-state index in [1.54, 1.807) is 29.2 Å². The van der Waals surface area contributed by atoms with E-state index in [0.29, 0.717) is 6.54 Å². The highest BCUT2D eigenvalue weighted by Crippen LogP contribution is 2.31. The van der Waals surface area contributed by atoms with Crippen LogP contribution < -0.4 is 10.6 Å². The highest BCUT2D eigenvalue weighted by molar-refractivity contribution is 5.84. The number of carbonyl (C=O) groups excluding carboxylic acids is 2. The third kappa shape index (κ3) is 5.03. The van der Waals surface area contributed by atoms with Crippen LogP contribution in [0.5, 0.6) is 0 Å². The van der Waals surface area contributed by atoms with Gasteiger partial charge in [-0.05, 0) is 48.2 Å². The van der Waals surface area contributed by atoms with Gasteiger partial charge in [0.25, 0.3) is 0 Å². The van der Waals surface area contributed by atoms with Gasteiger partial charge in [-0.3, -0.25) is 4.79 Å². The maximum absolute atomic E-state index is 13.1. The van der Waals surface area contributed by atoms with Gasteiger partial charge in [0.05, 0.1) is 12.6 Å². The maximum atomic E-state index is 13.1. The lowest BCUT2D eigenvalue weighted by Crippen LogP contribution is -2.43. The second kappa shape index (κ2) is 8.62. The molecular weight excluding hydrogens is 352 g/mol. The lowest BCUT2D eigenvalue weighted by Gasteiger charge is -2.25. The second-order valence-corrected chi connectivity index (χ2v) is 6.46. The zero-order valence-electron chi connectivity index (χ0n) is 14.8. The Morgan fingerprint density at radius 1 is 0.963 bits per heavy atom. The molecule has 0 aliphatic carbocycles. The van der Waals surface area contributed by atoms with Crippen LogP contribution in [0.2, 0.25) is 0 Å². The SMILES string of the molecule is O=C(NCC(=O)N1CCCC1c1ccc(F)cc1)NCc1ccc(F)cc1. The van der Waals surface area contributed by atoms with Crippen LogP contribution in [-0.4, -0.2) is 29.9 Å². The van der Waals surface area contributed by atoms with Crippen LogP contribution in [0.15, 0.2) is 48.5 Å². The van der Waals surface area contributed by atoms with E-state index < -0.39 is 6.03 Å². The number of amides is 3. The van der Waals surface area contributed by atoms with E-state index in [2.05, 4.69) is 10.6 Å². The fourth-order valence-electron chi connectivity index (χ4n) is 3.20. The molecule has 1 atom stereocenters. The molecule has 1 aliphatic heterocycles. The first-order valence-corrected chi connectivity index (χ1v) is 8.84. The van der Waals surface area contributed by atoms with Crippen molar-refractivity contribution in [3.05, 3.63) is 71.3 Å². The van der Waals surface area contributed by atoms with Crippen molar-refractivity contribution in [2.45, 2.75) is 25.4 Å². The summed E-state index contributed by atoms with van der Waals surface area (Å²) in [6, 6.07) is 11.4. The van der Waals surface area contributed by atoms with Crippen LogP contribution in [0.4, 0.5) is 13.6 Å². The van der Waals surface area contributed by atoms with Gasteiger partial charge in [-0.2, -0.15) is 0 Å². The van der Waals surface area contributed by atoms with Crippen LogP contribution in [-0.2, 0) is 11.3 Å². The minimum absolute atomic E-state index is 0.0952. The van der Waals surface area contributed by atoms with Crippen molar-refractivity contribution in [2.24, 2.45) is 0 Å². The van der Waals surface area contributed by atoms with E-state index in [-0.39, 0.29) is 36.7 Å². The number of nitrogens with one attached hydrogen (secondary N) is 2. The van der Waals surface area contributed by atoms with E-state index in [1.807, 2.05) is 0 Å². The van der Waals surface area contributed by atoms with Crippen molar-refractivity contribution in [1.82, 2.24) is 15.5 Å². The van der Waals surface area contributed by atoms with Crippen molar-refractivity contribution in [1.29, 1.82) is 0 Å². The van der Waals surface area contributed by atoms with Crippen LogP contribution in [0.3, 0.4) is 0 Å². The smallest absolute Gasteiger partial charge is 0.315 e.